The molecule has 0 bridgehead atoms. The first-order valence-corrected chi connectivity index (χ1v) is 10.8. The summed E-state index contributed by atoms with van der Waals surface area (Å²) >= 11 is 1.48. The Labute approximate surface area is 178 Å². The van der Waals surface area contributed by atoms with Gasteiger partial charge in [0.1, 0.15) is 12.1 Å². The summed E-state index contributed by atoms with van der Waals surface area (Å²) in [4.78, 5) is 10.6. The molecule has 1 saturated heterocycles. The first kappa shape index (κ1) is 18.9. The fourth-order valence-electron chi connectivity index (χ4n) is 4.09. The third-order valence-corrected chi connectivity index (χ3v) is 6.68. The van der Waals surface area contributed by atoms with Crippen LogP contribution in [0.1, 0.15) is 16.5 Å². The van der Waals surface area contributed by atoms with Crippen molar-refractivity contribution in [2.45, 2.75) is 6.04 Å². The molecular formula is C22H23N5O2S. The van der Waals surface area contributed by atoms with E-state index in [0.29, 0.717) is 4.96 Å². The van der Waals surface area contributed by atoms with Crippen molar-refractivity contribution >= 4 is 22.0 Å². The molecule has 2 aromatic heterocycles. The molecule has 8 heteroatoms. The van der Waals surface area contributed by atoms with E-state index in [9.17, 15) is 5.11 Å². The number of para-hydroxylation sites is 1. The van der Waals surface area contributed by atoms with E-state index in [-0.39, 0.29) is 11.9 Å². The van der Waals surface area contributed by atoms with E-state index in [1.165, 1.54) is 27.9 Å². The molecule has 1 fully saturated rings. The minimum absolute atomic E-state index is 0.0912. The highest BCUT2D eigenvalue weighted by atomic mass is 32.1. The summed E-state index contributed by atoms with van der Waals surface area (Å²) in [5, 5.41) is 15.1. The molecule has 30 heavy (non-hydrogen) atoms. The SMILES string of the molecule is COc1cccc(C(c2sc3ncnn3c2O)N2CCN(c3ccccc3)CC2)c1. The Morgan fingerprint density at radius 1 is 1.03 bits per heavy atom. The molecule has 4 aromatic rings. The fourth-order valence-corrected chi connectivity index (χ4v) is 5.18. The van der Waals surface area contributed by atoms with E-state index in [4.69, 9.17) is 4.74 Å². The van der Waals surface area contributed by atoms with Crippen molar-refractivity contribution in [1.29, 1.82) is 0 Å². The number of piperazine rings is 1. The lowest BCUT2D eigenvalue weighted by atomic mass is 10.0. The maximum absolute atomic E-state index is 10.9. The molecule has 1 atom stereocenters. The summed E-state index contributed by atoms with van der Waals surface area (Å²) < 4.78 is 6.97. The largest absolute Gasteiger partial charge is 0.497 e. The second kappa shape index (κ2) is 7.97. The molecule has 1 aliphatic heterocycles. The van der Waals surface area contributed by atoms with Gasteiger partial charge in [0.2, 0.25) is 10.8 Å². The normalized spacial score (nSPS) is 16.1. The van der Waals surface area contributed by atoms with Gasteiger partial charge in [-0.2, -0.15) is 9.61 Å². The monoisotopic (exact) mass is 421 g/mol. The van der Waals surface area contributed by atoms with Crippen molar-refractivity contribution in [1.82, 2.24) is 19.5 Å². The topological polar surface area (TPSA) is 66.1 Å². The van der Waals surface area contributed by atoms with Crippen LogP contribution in [-0.2, 0) is 0 Å². The number of methoxy groups -OCH3 is 1. The summed E-state index contributed by atoms with van der Waals surface area (Å²) in [5.74, 6) is 0.963. The van der Waals surface area contributed by atoms with Gasteiger partial charge in [-0.15, -0.1) is 0 Å². The maximum Gasteiger partial charge on any atom is 0.230 e. The van der Waals surface area contributed by atoms with E-state index >= 15 is 0 Å². The van der Waals surface area contributed by atoms with Crippen molar-refractivity contribution in [2.75, 3.05) is 38.2 Å². The first-order valence-electron chi connectivity index (χ1n) is 9.94. The van der Waals surface area contributed by atoms with Gasteiger partial charge in [-0.3, -0.25) is 4.90 Å². The number of aromatic nitrogens is 3. The van der Waals surface area contributed by atoms with Crippen LogP contribution >= 0.6 is 11.3 Å². The number of aromatic hydroxyl groups is 1. The second-order valence-electron chi connectivity index (χ2n) is 7.28. The predicted molar refractivity (Wildman–Crippen MR) is 118 cm³/mol. The molecule has 5 rings (SSSR count). The predicted octanol–water partition coefficient (Wildman–Crippen LogP) is 3.42. The van der Waals surface area contributed by atoms with Gasteiger partial charge in [-0.1, -0.05) is 41.7 Å². The van der Waals surface area contributed by atoms with E-state index in [0.717, 1.165) is 42.4 Å². The summed E-state index contributed by atoms with van der Waals surface area (Å²) in [7, 11) is 1.67. The zero-order valence-corrected chi connectivity index (χ0v) is 17.5. The van der Waals surface area contributed by atoms with Crippen LogP contribution in [0.25, 0.3) is 4.96 Å². The molecule has 3 heterocycles. The summed E-state index contributed by atoms with van der Waals surface area (Å²) in [6.07, 6.45) is 1.47. The van der Waals surface area contributed by atoms with E-state index in [1.807, 2.05) is 24.3 Å². The molecule has 1 N–H and O–H groups in total. The Morgan fingerprint density at radius 2 is 1.83 bits per heavy atom. The van der Waals surface area contributed by atoms with Crippen LogP contribution in [0.3, 0.4) is 0 Å². The van der Waals surface area contributed by atoms with Crippen LogP contribution in [-0.4, -0.2) is 57.9 Å². The third-order valence-electron chi connectivity index (χ3n) is 5.60. The van der Waals surface area contributed by atoms with Crippen LogP contribution in [0.4, 0.5) is 5.69 Å². The van der Waals surface area contributed by atoms with Gasteiger partial charge < -0.3 is 14.7 Å². The smallest absolute Gasteiger partial charge is 0.230 e. The standard InChI is InChI=1S/C22H23N5O2S/c1-29-18-9-5-6-16(14-18)19(20-21(28)27-22(30-20)23-15-24-27)26-12-10-25(11-13-26)17-7-3-2-4-8-17/h2-9,14-15,19,28H,10-13H2,1H3. The van der Waals surface area contributed by atoms with Gasteiger partial charge in [0, 0.05) is 31.9 Å². The Bertz CT molecular complexity index is 1130. The number of ether oxygens (including phenoxy) is 1. The number of hydrogen-bond acceptors (Lipinski definition) is 7. The molecule has 0 spiro atoms. The van der Waals surface area contributed by atoms with Crippen LogP contribution in [0.15, 0.2) is 60.9 Å². The summed E-state index contributed by atoms with van der Waals surface area (Å²) in [6.45, 7) is 3.60. The highest BCUT2D eigenvalue weighted by Gasteiger charge is 2.31. The minimum Gasteiger partial charge on any atom is -0.497 e. The van der Waals surface area contributed by atoms with E-state index < -0.39 is 0 Å². The van der Waals surface area contributed by atoms with E-state index in [1.54, 1.807) is 7.11 Å². The van der Waals surface area contributed by atoms with Gasteiger partial charge in [-0.05, 0) is 29.8 Å². The molecule has 1 aliphatic rings. The lowest BCUT2D eigenvalue weighted by molar-refractivity contribution is 0.211. The Morgan fingerprint density at radius 3 is 2.57 bits per heavy atom. The van der Waals surface area contributed by atoms with Gasteiger partial charge in [0.25, 0.3) is 0 Å². The van der Waals surface area contributed by atoms with Crippen molar-refractivity contribution < 1.29 is 9.84 Å². The average Bonchev–Trinajstić information content (AvgIpc) is 3.39. The minimum atomic E-state index is -0.0912. The highest BCUT2D eigenvalue weighted by Crippen LogP contribution is 2.40. The molecule has 0 radical (unpaired) electrons. The van der Waals surface area contributed by atoms with Crippen molar-refractivity contribution in [3.63, 3.8) is 0 Å². The third kappa shape index (κ3) is 3.38. The number of hydrogen-bond donors (Lipinski definition) is 1. The molecule has 2 aromatic carbocycles. The number of anilines is 1. The van der Waals surface area contributed by atoms with Crippen LogP contribution in [0, 0.1) is 0 Å². The number of thiazole rings is 1. The van der Waals surface area contributed by atoms with Crippen molar-refractivity contribution in [3.05, 3.63) is 71.4 Å². The zero-order valence-electron chi connectivity index (χ0n) is 16.7. The fraction of sp³-hybridized carbons (Fsp3) is 0.273. The number of fused-ring (bicyclic) bond motifs is 1. The van der Waals surface area contributed by atoms with Gasteiger partial charge in [0.15, 0.2) is 0 Å². The Kier molecular flexibility index (Phi) is 5.02. The van der Waals surface area contributed by atoms with Crippen molar-refractivity contribution in [3.8, 4) is 11.6 Å². The molecule has 0 amide bonds. The average molecular weight is 422 g/mol. The summed E-state index contributed by atoms with van der Waals surface area (Å²) in [6, 6.07) is 18.5. The number of rotatable bonds is 5. The lowest BCUT2D eigenvalue weighted by Gasteiger charge is -2.40. The van der Waals surface area contributed by atoms with Crippen LogP contribution in [0.5, 0.6) is 11.6 Å². The van der Waals surface area contributed by atoms with Gasteiger partial charge in [0.05, 0.1) is 18.0 Å². The molecule has 1 unspecified atom stereocenters. The van der Waals surface area contributed by atoms with Gasteiger partial charge >= 0.3 is 0 Å². The number of nitrogens with zero attached hydrogens (tertiary/aromatic N) is 5. The summed E-state index contributed by atoms with van der Waals surface area (Å²) in [5.41, 5.74) is 2.33. The zero-order chi connectivity index (χ0) is 20.5. The highest BCUT2D eigenvalue weighted by molar-refractivity contribution is 7.17. The molecule has 7 nitrogen and oxygen atoms in total. The molecule has 0 saturated carbocycles. The molecule has 154 valence electrons. The van der Waals surface area contributed by atoms with E-state index in [2.05, 4.69) is 50.2 Å². The first-order chi connectivity index (χ1) is 14.7. The number of benzene rings is 2. The lowest BCUT2D eigenvalue weighted by Crippen LogP contribution is -2.47. The Hall–Kier alpha value is -3.10. The van der Waals surface area contributed by atoms with Crippen LogP contribution < -0.4 is 9.64 Å². The maximum atomic E-state index is 10.9. The second-order valence-corrected chi connectivity index (χ2v) is 8.29. The Balaban J connectivity index is 1.49. The van der Waals surface area contributed by atoms with Crippen LogP contribution in [0.2, 0.25) is 0 Å². The quantitative estimate of drug-likeness (QED) is 0.533. The van der Waals surface area contributed by atoms with Gasteiger partial charge in [-0.25, -0.2) is 4.98 Å². The molecular weight excluding hydrogens is 398 g/mol. The molecule has 0 aliphatic carbocycles. The van der Waals surface area contributed by atoms with Crippen molar-refractivity contribution in [2.24, 2.45) is 0 Å².